The Hall–Kier alpha value is -2.60. The van der Waals surface area contributed by atoms with E-state index in [1.807, 2.05) is 36.1 Å². The molecule has 0 bridgehead atoms. The summed E-state index contributed by atoms with van der Waals surface area (Å²) < 4.78 is 11.6. The Morgan fingerprint density at radius 3 is 2.85 bits per heavy atom. The molecular formula is C21H27N3O3. The van der Waals surface area contributed by atoms with Gasteiger partial charge in [0.2, 0.25) is 0 Å². The van der Waals surface area contributed by atoms with Gasteiger partial charge in [0.05, 0.1) is 6.61 Å². The molecule has 1 aliphatic heterocycles. The summed E-state index contributed by atoms with van der Waals surface area (Å²) in [7, 11) is 0. The third-order valence-electron chi connectivity index (χ3n) is 4.90. The number of nitrogens with one attached hydrogen (secondary N) is 1. The van der Waals surface area contributed by atoms with Gasteiger partial charge in [-0.2, -0.15) is 0 Å². The van der Waals surface area contributed by atoms with Gasteiger partial charge in [0.1, 0.15) is 6.61 Å². The molecule has 1 aliphatic rings. The monoisotopic (exact) mass is 369 g/mol. The lowest BCUT2D eigenvalue weighted by atomic mass is 10.0. The minimum Gasteiger partial charge on any atom is -0.490 e. The van der Waals surface area contributed by atoms with E-state index in [9.17, 15) is 4.79 Å². The van der Waals surface area contributed by atoms with Crippen LogP contribution in [0.15, 0.2) is 42.7 Å². The minimum atomic E-state index is 0.0237. The number of carbonyl (C=O) groups excluding carboxylic acids is 1. The molecular weight excluding hydrogens is 342 g/mol. The molecule has 2 heterocycles. The quantitative estimate of drug-likeness (QED) is 0.848. The highest BCUT2D eigenvalue weighted by Crippen LogP contribution is 2.30. The Morgan fingerprint density at radius 2 is 2.11 bits per heavy atom. The molecule has 27 heavy (non-hydrogen) atoms. The van der Waals surface area contributed by atoms with Crippen molar-refractivity contribution in [1.82, 2.24) is 15.2 Å². The van der Waals surface area contributed by atoms with E-state index in [0.717, 1.165) is 12.1 Å². The second-order valence-electron chi connectivity index (χ2n) is 6.73. The van der Waals surface area contributed by atoms with Crippen LogP contribution in [0, 0.1) is 0 Å². The van der Waals surface area contributed by atoms with Crippen LogP contribution in [0.25, 0.3) is 0 Å². The highest BCUT2D eigenvalue weighted by Gasteiger charge is 2.29. The van der Waals surface area contributed by atoms with Crippen LogP contribution in [0.2, 0.25) is 0 Å². The number of piperazine rings is 1. The maximum atomic E-state index is 13.0. The summed E-state index contributed by atoms with van der Waals surface area (Å²) in [6.45, 7) is 8.50. The first-order valence-electron chi connectivity index (χ1n) is 9.43. The molecule has 0 spiro atoms. The van der Waals surface area contributed by atoms with E-state index in [-0.39, 0.29) is 18.0 Å². The molecule has 0 aliphatic carbocycles. The number of carbonyl (C=O) groups is 1. The molecule has 1 N–H and O–H groups in total. The lowest BCUT2D eigenvalue weighted by Gasteiger charge is -2.38. The van der Waals surface area contributed by atoms with Crippen molar-refractivity contribution >= 4 is 5.91 Å². The number of benzene rings is 1. The molecule has 2 atom stereocenters. The van der Waals surface area contributed by atoms with Crippen LogP contribution in [-0.4, -0.2) is 47.6 Å². The Bertz CT molecular complexity index is 767. The van der Waals surface area contributed by atoms with Crippen molar-refractivity contribution in [3.8, 4) is 11.5 Å². The number of aromatic nitrogens is 1. The highest BCUT2D eigenvalue weighted by molar-refractivity contribution is 5.95. The largest absolute Gasteiger partial charge is 0.490 e. The minimum absolute atomic E-state index is 0.0237. The number of hydrogen-bond donors (Lipinski definition) is 1. The van der Waals surface area contributed by atoms with Gasteiger partial charge in [0.15, 0.2) is 11.5 Å². The first-order valence-corrected chi connectivity index (χ1v) is 9.43. The van der Waals surface area contributed by atoms with E-state index in [4.69, 9.17) is 9.47 Å². The second-order valence-corrected chi connectivity index (χ2v) is 6.73. The van der Waals surface area contributed by atoms with Crippen LogP contribution >= 0.6 is 0 Å². The average molecular weight is 369 g/mol. The van der Waals surface area contributed by atoms with Gasteiger partial charge in [-0.1, -0.05) is 6.07 Å². The average Bonchev–Trinajstić information content (AvgIpc) is 2.69. The molecule has 0 saturated carbocycles. The fraction of sp³-hybridized carbons (Fsp3) is 0.429. The van der Waals surface area contributed by atoms with Crippen LogP contribution < -0.4 is 14.8 Å². The molecule has 1 amide bonds. The van der Waals surface area contributed by atoms with Crippen LogP contribution in [-0.2, 0) is 6.61 Å². The normalized spacial score (nSPS) is 19.6. The molecule has 1 aromatic heterocycles. The molecule has 144 valence electrons. The summed E-state index contributed by atoms with van der Waals surface area (Å²) in [4.78, 5) is 19.0. The summed E-state index contributed by atoms with van der Waals surface area (Å²) in [6.07, 6.45) is 3.50. The van der Waals surface area contributed by atoms with Crippen molar-refractivity contribution in [3.63, 3.8) is 0 Å². The summed E-state index contributed by atoms with van der Waals surface area (Å²) in [5.74, 6) is 1.23. The van der Waals surface area contributed by atoms with E-state index in [1.54, 1.807) is 18.5 Å². The zero-order valence-electron chi connectivity index (χ0n) is 16.1. The molecule has 1 fully saturated rings. The number of rotatable bonds is 6. The van der Waals surface area contributed by atoms with Gasteiger partial charge < -0.3 is 19.7 Å². The van der Waals surface area contributed by atoms with E-state index in [0.29, 0.717) is 36.8 Å². The van der Waals surface area contributed by atoms with Crippen LogP contribution in [0.1, 0.15) is 36.7 Å². The Kier molecular flexibility index (Phi) is 6.29. The van der Waals surface area contributed by atoms with Gasteiger partial charge in [-0.05, 0) is 45.0 Å². The van der Waals surface area contributed by atoms with Gasteiger partial charge >= 0.3 is 0 Å². The summed E-state index contributed by atoms with van der Waals surface area (Å²) >= 11 is 0. The third kappa shape index (κ3) is 4.57. The van der Waals surface area contributed by atoms with Crippen molar-refractivity contribution < 1.29 is 14.3 Å². The van der Waals surface area contributed by atoms with Gasteiger partial charge in [0, 0.05) is 48.7 Å². The summed E-state index contributed by atoms with van der Waals surface area (Å²) in [5.41, 5.74) is 1.59. The number of nitrogens with zero attached hydrogens (tertiary/aromatic N) is 2. The number of hydrogen-bond acceptors (Lipinski definition) is 5. The van der Waals surface area contributed by atoms with Crippen molar-refractivity contribution in [3.05, 3.63) is 53.9 Å². The number of amides is 1. The predicted molar refractivity (Wildman–Crippen MR) is 104 cm³/mol. The first kappa shape index (κ1) is 19.2. The third-order valence-corrected chi connectivity index (χ3v) is 4.90. The topological polar surface area (TPSA) is 63.7 Å². The standard InChI is InChI=1S/C21H27N3O3/c1-4-26-20-12-18(21(25)24-11-10-23-15(2)16(24)3)7-8-19(20)27-14-17-6-5-9-22-13-17/h5-9,12-13,15-16,23H,4,10-11,14H2,1-3H3. The number of pyridine rings is 1. The molecule has 1 saturated heterocycles. The Labute approximate surface area is 160 Å². The number of ether oxygens (including phenoxy) is 2. The zero-order valence-corrected chi connectivity index (χ0v) is 16.1. The molecule has 2 aromatic rings. The Balaban J connectivity index is 1.77. The van der Waals surface area contributed by atoms with Crippen LogP contribution in [0.5, 0.6) is 11.5 Å². The molecule has 6 nitrogen and oxygen atoms in total. The maximum absolute atomic E-state index is 13.0. The smallest absolute Gasteiger partial charge is 0.254 e. The molecule has 0 radical (unpaired) electrons. The fourth-order valence-electron chi connectivity index (χ4n) is 3.18. The van der Waals surface area contributed by atoms with Crippen LogP contribution in [0.3, 0.4) is 0 Å². The lowest BCUT2D eigenvalue weighted by Crippen LogP contribution is -2.57. The predicted octanol–water partition coefficient (Wildman–Crippen LogP) is 2.88. The molecule has 3 rings (SSSR count). The van der Waals surface area contributed by atoms with Crippen LogP contribution in [0.4, 0.5) is 0 Å². The maximum Gasteiger partial charge on any atom is 0.254 e. The van der Waals surface area contributed by atoms with E-state index in [2.05, 4.69) is 24.1 Å². The summed E-state index contributed by atoms with van der Waals surface area (Å²) in [6, 6.07) is 9.65. The van der Waals surface area contributed by atoms with Gasteiger partial charge in [0.25, 0.3) is 5.91 Å². The van der Waals surface area contributed by atoms with Crippen molar-refractivity contribution in [1.29, 1.82) is 0 Å². The fourth-order valence-corrected chi connectivity index (χ4v) is 3.18. The second kappa shape index (κ2) is 8.86. The zero-order chi connectivity index (χ0) is 19.2. The van der Waals surface area contributed by atoms with Gasteiger partial charge in [-0.15, -0.1) is 0 Å². The summed E-state index contributed by atoms with van der Waals surface area (Å²) in [5, 5.41) is 3.40. The molecule has 1 aromatic carbocycles. The van der Waals surface area contributed by atoms with Gasteiger partial charge in [-0.25, -0.2) is 0 Å². The van der Waals surface area contributed by atoms with Gasteiger partial charge in [-0.3, -0.25) is 9.78 Å². The lowest BCUT2D eigenvalue weighted by molar-refractivity contribution is 0.0602. The Morgan fingerprint density at radius 1 is 1.26 bits per heavy atom. The van der Waals surface area contributed by atoms with Crippen molar-refractivity contribution in [2.45, 2.75) is 39.5 Å². The first-order chi connectivity index (χ1) is 13.1. The SMILES string of the molecule is CCOc1cc(C(=O)N2CCNC(C)C2C)ccc1OCc1cccnc1. The van der Waals surface area contributed by atoms with Crippen molar-refractivity contribution in [2.24, 2.45) is 0 Å². The van der Waals surface area contributed by atoms with E-state index in [1.165, 1.54) is 0 Å². The van der Waals surface area contributed by atoms with E-state index < -0.39 is 0 Å². The van der Waals surface area contributed by atoms with Crippen molar-refractivity contribution in [2.75, 3.05) is 19.7 Å². The molecule has 6 heteroatoms. The van der Waals surface area contributed by atoms with E-state index >= 15 is 0 Å². The highest BCUT2D eigenvalue weighted by atomic mass is 16.5. The molecule has 2 unspecified atom stereocenters.